The number of hydrogen-bond donors (Lipinski definition) is 1. The van der Waals surface area contributed by atoms with Crippen LogP contribution in [0.4, 0.5) is 0 Å². The third-order valence-corrected chi connectivity index (χ3v) is 4.39. The van der Waals surface area contributed by atoms with Gasteiger partial charge in [0.15, 0.2) is 0 Å². The molecule has 4 rings (SSSR count). The maximum absolute atomic E-state index is 5.24. The first kappa shape index (κ1) is 13.1. The van der Waals surface area contributed by atoms with Crippen LogP contribution in [0, 0.1) is 0 Å². The van der Waals surface area contributed by atoms with Crippen molar-refractivity contribution >= 4 is 0 Å². The molecule has 0 unspecified atom stereocenters. The number of ether oxygens (including phenoxy) is 1. The summed E-state index contributed by atoms with van der Waals surface area (Å²) in [5.41, 5.74) is 7.41. The lowest BCUT2D eigenvalue weighted by atomic mass is 10.00. The van der Waals surface area contributed by atoms with Crippen LogP contribution in [0.2, 0.25) is 0 Å². The first-order valence-electron chi connectivity index (χ1n) is 7.67. The van der Waals surface area contributed by atoms with Crippen LogP contribution in [0.5, 0.6) is 5.75 Å². The summed E-state index contributed by atoms with van der Waals surface area (Å²) in [5.74, 6) is 0.871. The topological polar surface area (TPSA) is 37.9 Å². The van der Waals surface area contributed by atoms with E-state index in [4.69, 9.17) is 4.74 Å². The lowest BCUT2D eigenvalue weighted by Gasteiger charge is -2.05. The molecular weight excluding hydrogens is 272 g/mol. The standard InChI is InChI=1S/C19H18N2O/c1-22-15-11-9-14(10-12-15)18-17-8-4-6-13-5-2-3-7-16(13)19(17)21-20-18/h2-3,5,7,9-12H,4,6,8H2,1H3,(H,20,21). The number of methoxy groups -OCH3 is 1. The molecule has 3 heteroatoms. The third kappa shape index (κ3) is 2.10. The molecule has 0 saturated carbocycles. The van der Waals surface area contributed by atoms with E-state index < -0.39 is 0 Å². The lowest BCUT2D eigenvalue weighted by Crippen LogP contribution is -1.89. The number of benzene rings is 2. The van der Waals surface area contributed by atoms with E-state index in [1.807, 2.05) is 12.1 Å². The van der Waals surface area contributed by atoms with Gasteiger partial charge in [0, 0.05) is 16.7 Å². The molecule has 110 valence electrons. The quantitative estimate of drug-likeness (QED) is 0.766. The minimum absolute atomic E-state index is 0.871. The second-order valence-electron chi connectivity index (χ2n) is 5.66. The van der Waals surface area contributed by atoms with Gasteiger partial charge in [0.25, 0.3) is 0 Å². The van der Waals surface area contributed by atoms with Gasteiger partial charge in [0.05, 0.1) is 18.5 Å². The fourth-order valence-electron chi connectivity index (χ4n) is 3.26. The number of aryl methyl sites for hydroxylation is 1. The van der Waals surface area contributed by atoms with Crippen molar-refractivity contribution in [1.82, 2.24) is 10.2 Å². The average Bonchev–Trinajstić information content (AvgIpc) is 2.90. The van der Waals surface area contributed by atoms with Crippen LogP contribution in [0.3, 0.4) is 0 Å². The Hall–Kier alpha value is -2.55. The predicted octanol–water partition coefficient (Wildman–Crippen LogP) is 4.24. The zero-order chi connectivity index (χ0) is 14.9. The Balaban J connectivity index is 1.83. The molecule has 22 heavy (non-hydrogen) atoms. The third-order valence-electron chi connectivity index (χ3n) is 4.39. The van der Waals surface area contributed by atoms with E-state index in [-0.39, 0.29) is 0 Å². The lowest BCUT2D eigenvalue weighted by molar-refractivity contribution is 0.415. The molecule has 1 heterocycles. The minimum Gasteiger partial charge on any atom is -0.497 e. The van der Waals surface area contributed by atoms with Crippen molar-refractivity contribution in [2.75, 3.05) is 7.11 Å². The van der Waals surface area contributed by atoms with Gasteiger partial charge >= 0.3 is 0 Å². The molecule has 0 aliphatic heterocycles. The highest BCUT2D eigenvalue weighted by atomic mass is 16.5. The van der Waals surface area contributed by atoms with Gasteiger partial charge in [-0.15, -0.1) is 0 Å². The molecule has 0 bridgehead atoms. The summed E-state index contributed by atoms with van der Waals surface area (Å²) >= 11 is 0. The molecule has 0 radical (unpaired) electrons. The smallest absolute Gasteiger partial charge is 0.118 e. The number of nitrogens with zero attached hydrogens (tertiary/aromatic N) is 1. The monoisotopic (exact) mass is 290 g/mol. The number of fused-ring (bicyclic) bond motifs is 3. The molecule has 1 N–H and O–H groups in total. The van der Waals surface area contributed by atoms with Gasteiger partial charge in [0.1, 0.15) is 5.75 Å². The molecule has 3 nitrogen and oxygen atoms in total. The van der Waals surface area contributed by atoms with Gasteiger partial charge in [0.2, 0.25) is 0 Å². The fourth-order valence-corrected chi connectivity index (χ4v) is 3.26. The number of H-pyrrole nitrogens is 1. The summed E-state index contributed by atoms with van der Waals surface area (Å²) < 4.78 is 5.24. The molecule has 0 atom stereocenters. The van der Waals surface area contributed by atoms with Crippen molar-refractivity contribution in [2.45, 2.75) is 19.3 Å². The number of rotatable bonds is 2. The Morgan fingerprint density at radius 1 is 1.00 bits per heavy atom. The van der Waals surface area contributed by atoms with Gasteiger partial charge < -0.3 is 4.74 Å². The molecule has 0 amide bonds. The number of aromatic nitrogens is 2. The van der Waals surface area contributed by atoms with Crippen LogP contribution in [0.1, 0.15) is 17.5 Å². The van der Waals surface area contributed by atoms with Crippen molar-refractivity contribution < 1.29 is 4.74 Å². The first-order chi connectivity index (χ1) is 10.9. The van der Waals surface area contributed by atoms with Crippen LogP contribution < -0.4 is 4.74 Å². The number of aromatic amines is 1. The molecule has 0 fully saturated rings. The van der Waals surface area contributed by atoms with Gasteiger partial charge in [-0.25, -0.2) is 0 Å². The van der Waals surface area contributed by atoms with Crippen molar-refractivity contribution in [3.8, 4) is 28.3 Å². The van der Waals surface area contributed by atoms with Crippen molar-refractivity contribution in [3.63, 3.8) is 0 Å². The largest absolute Gasteiger partial charge is 0.497 e. The van der Waals surface area contributed by atoms with E-state index >= 15 is 0 Å². The van der Waals surface area contributed by atoms with Crippen LogP contribution >= 0.6 is 0 Å². The van der Waals surface area contributed by atoms with Crippen LogP contribution in [-0.2, 0) is 12.8 Å². The van der Waals surface area contributed by atoms with Gasteiger partial charge in [-0.2, -0.15) is 5.10 Å². The second-order valence-corrected chi connectivity index (χ2v) is 5.66. The summed E-state index contributed by atoms with van der Waals surface area (Å²) in [6.45, 7) is 0. The SMILES string of the molecule is COc1ccc(-c2n[nH]c3c2CCCc2ccccc2-3)cc1. The highest BCUT2D eigenvalue weighted by Crippen LogP contribution is 2.36. The van der Waals surface area contributed by atoms with Crippen LogP contribution in [-0.4, -0.2) is 17.3 Å². The first-order valence-corrected chi connectivity index (χ1v) is 7.67. The predicted molar refractivity (Wildman–Crippen MR) is 88.0 cm³/mol. The summed E-state index contributed by atoms with van der Waals surface area (Å²) in [7, 11) is 1.69. The van der Waals surface area contributed by atoms with E-state index in [0.29, 0.717) is 0 Å². The number of hydrogen-bond acceptors (Lipinski definition) is 2. The maximum Gasteiger partial charge on any atom is 0.118 e. The second kappa shape index (κ2) is 5.34. The van der Waals surface area contributed by atoms with Gasteiger partial charge in [-0.3, -0.25) is 5.10 Å². The Morgan fingerprint density at radius 2 is 1.82 bits per heavy atom. The molecule has 0 spiro atoms. The average molecular weight is 290 g/mol. The molecule has 2 aromatic carbocycles. The van der Waals surface area contributed by atoms with Crippen LogP contribution in [0.15, 0.2) is 48.5 Å². The van der Waals surface area contributed by atoms with E-state index in [0.717, 1.165) is 36.3 Å². The Kier molecular flexibility index (Phi) is 3.19. The Bertz CT molecular complexity index is 803. The fraction of sp³-hybridized carbons (Fsp3) is 0.211. The molecule has 0 saturated heterocycles. The minimum atomic E-state index is 0.871. The summed E-state index contributed by atoms with van der Waals surface area (Å²) in [6.07, 6.45) is 3.34. The molecule has 3 aromatic rings. The van der Waals surface area contributed by atoms with E-state index in [1.165, 1.54) is 22.4 Å². The maximum atomic E-state index is 5.24. The summed E-state index contributed by atoms with van der Waals surface area (Å²) in [4.78, 5) is 0. The molecular formula is C19H18N2O. The van der Waals surface area contributed by atoms with Crippen LogP contribution in [0.25, 0.3) is 22.5 Å². The van der Waals surface area contributed by atoms with E-state index in [1.54, 1.807) is 7.11 Å². The summed E-state index contributed by atoms with van der Waals surface area (Å²) in [6, 6.07) is 16.8. The van der Waals surface area contributed by atoms with Crippen molar-refractivity contribution in [2.24, 2.45) is 0 Å². The van der Waals surface area contributed by atoms with Crippen molar-refractivity contribution in [3.05, 3.63) is 59.7 Å². The zero-order valence-electron chi connectivity index (χ0n) is 12.6. The zero-order valence-corrected chi connectivity index (χ0v) is 12.6. The van der Waals surface area contributed by atoms with E-state index in [2.05, 4.69) is 46.6 Å². The van der Waals surface area contributed by atoms with E-state index in [9.17, 15) is 0 Å². The number of nitrogens with one attached hydrogen (secondary N) is 1. The highest BCUT2D eigenvalue weighted by Gasteiger charge is 2.20. The highest BCUT2D eigenvalue weighted by molar-refractivity contribution is 5.76. The van der Waals surface area contributed by atoms with Gasteiger partial charge in [-0.05, 0) is 49.1 Å². The normalized spacial score (nSPS) is 13.1. The van der Waals surface area contributed by atoms with Crippen molar-refractivity contribution in [1.29, 1.82) is 0 Å². The molecule has 1 aliphatic rings. The molecule has 1 aliphatic carbocycles. The summed E-state index contributed by atoms with van der Waals surface area (Å²) in [5, 5.41) is 7.87. The van der Waals surface area contributed by atoms with Gasteiger partial charge in [-0.1, -0.05) is 24.3 Å². The molecule has 1 aromatic heterocycles. The Labute approximate surface area is 130 Å². The Morgan fingerprint density at radius 3 is 2.64 bits per heavy atom.